The smallest absolute Gasteiger partial charge is 0.141 e. The Hall–Kier alpha value is -5.36. The van der Waals surface area contributed by atoms with Gasteiger partial charge in [0, 0.05) is 46.4 Å². The first-order valence-electron chi connectivity index (χ1n) is 16.7. The Bertz CT molecular complexity index is 2280. The number of hydrogen-bond donors (Lipinski definition) is 0. The summed E-state index contributed by atoms with van der Waals surface area (Å²) >= 11 is 0. The minimum Gasteiger partial charge on any atom is -0.497 e. The lowest BCUT2D eigenvalue weighted by Crippen LogP contribution is -2.03. The molecular weight excluding hydrogens is 592 g/mol. The Labute approximate surface area is 282 Å². The average molecular weight is 635 g/mol. The molecule has 0 N–H and O–H groups in total. The minimum absolute atomic E-state index is 0.399. The highest BCUT2D eigenvalue weighted by atomic mass is 16.5. The quantitative estimate of drug-likeness (QED) is 0.167. The predicted octanol–water partition coefficient (Wildman–Crippen LogP) is 11.0. The number of pyridine rings is 1. The van der Waals surface area contributed by atoms with Gasteiger partial charge in [0.25, 0.3) is 0 Å². The first kappa shape index (κ1) is 31.3. The highest BCUT2D eigenvalue weighted by Crippen LogP contribution is 2.41. The van der Waals surface area contributed by atoms with E-state index in [1.165, 1.54) is 22.3 Å². The fourth-order valence-electron chi connectivity index (χ4n) is 7.05. The van der Waals surface area contributed by atoms with E-state index < -0.39 is 0 Å². The van der Waals surface area contributed by atoms with Crippen LogP contribution in [0.2, 0.25) is 0 Å². The zero-order valence-electron chi connectivity index (χ0n) is 29.0. The molecule has 0 fully saturated rings. The summed E-state index contributed by atoms with van der Waals surface area (Å²) in [4.78, 5) is 4.70. The molecule has 0 aliphatic rings. The van der Waals surface area contributed by atoms with Gasteiger partial charge in [0.2, 0.25) is 0 Å². The number of methoxy groups -OCH3 is 1. The van der Waals surface area contributed by atoms with E-state index in [2.05, 4.69) is 131 Å². The molecule has 7 rings (SSSR count). The van der Waals surface area contributed by atoms with Crippen molar-refractivity contribution in [1.82, 2.24) is 19.3 Å². The van der Waals surface area contributed by atoms with E-state index in [1.54, 1.807) is 13.3 Å². The summed E-state index contributed by atoms with van der Waals surface area (Å²) < 4.78 is 16.4. The third-order valence-electron chi connectivity index (χ3n) is 9.26. The molecule has 6 nitrogen and oxygen atoms in total. The van der Waals surface area contributed by atoms with Crippen LogP contribution in [0.25, 0.3) is 44.4 Å². The molecule has 7 aromatic rings. The van der Waals surface area contributed by atoms with Gasteiger partial charge in [-0.1, -0.05) is 64.1 Å². The van der Waals surface area contributed by atoms with E-state index in [0.29, 0.717) is 11.8 Å². The number of para-hydroxylation sites is 1. The van der Waals surface area contributed by atoms with Crippen molar-refractivity contribution < 1.29 is 9.47 Å². The van der Waals surface area contributed by atoms with Gasteiger partial charge < -0.3 is 9.47 Å². The van der Waals surface area contributed by atoms with Crippen LogP contribution in [0.3, 0.4) is 0 Å². The van der Waals surface area contributed by atoms with Crippen LogP contribution in [0.1, 0.15) is 67.6 Å². The fourth-order valence-corrected chi connectivity index (χ4v) is 7.05. The van der Waals surface area contributed by atoms with E-state index in [4.69, 9.17) is 19.6 Å². The van der Waals surface area contributed by atoms with Gasteiger partial charge in [0.05, 0.1) is 29.5 Å². The molecule has 242 valence electrons. The van der Waals surface area contributed by atoms with Gasteiger partial charge in [0.1, 0.15) is 23.1 Å². The summed E-state index contributed by atoms with van der Waals surface area (Å²) in [6, 6.07) is 31.5. The summed E-state index contributed by atoms with van der Waals surface area (Å²) in [6.45, 7) is 15.5. The molecule has 0 unspecified atom stereocenters. The van der Waals surface area contributed by atoms with Gasteiger partial charge >= 0.3 is 0 Å². The maximum Gasteiger partial charge on any atom is 0.141 e. The van der Waals surface area contributed by atoms with Crippen molar-refractivity contribution >= 4 is 21.8 Å². The molecule has 3 aromatic heterocycles. The number of hydrogen-bond acceptors (Lipinski definition) is 4. The van der Waals surface area contributed by atoms with E-state index in [0.717, 1.165) is 67.5 Å². The van der Waals surface area contributed by atoms with Crippen LogP contribution in [0.4, 0.5) is 0 Å². The van der Waals surface area contributed by atoms with E-state index in [9.17, 15) is 0 Å². The SMILES string of the molecule is COc1ccnc(-n2c3ccccc3c3ccc(Oc4cc(C)cc(-n5nc(C)c(-c6c(C(C)C)cccc6C(C)C)c5C)c4)cc32)c1. The van der Waals surface area contributed by atoms with Crippen molar-refractivity contribution in [3.8, 4) is 39.9 Å². The second-order valence-electron chi connectivity index (χ2n) is 13.3. The molecule has 0 spiro atoms. The van der Waals surface area contributed by atoms with Gasteiger partial charge in [-0.05, 0) is 91.3 Å². The molecule has 3 heterocycles. The number of fused-ring (bicyclic) bond motifs is 3. The molecule has 0 aliphatic heterocycles. The summed E-state index contributed by atoms with van der Waals surface area (Å²) in [7, 11) is 1.67. The molecule has 0 aliphatic carbocycles. The topological polar surface area (TPSA) is 54.1 Å². The van der Waals surface area contributed by atoms with Crippen molar-refractivity contribution in [2.24, 2.45) is 0 Å². The van der Waals surface area contributed by atoms with Crippen molar-refractivity contribution in [2.75, 3.05) is 7.11 Å². The van der Waals surface area contributed by atoms with Crippen molar-refractivity contribution in [3.63, 3.8) is 0 Å². The maximum absolute atomic E-state index is 6.62. The van der Waals surface area contributed by atoms with Crippen molar-refractivity contribution in [2.45, 2.75) is 60.3 Å². The molecule has 0 saturated heterocycles. The number of aromatic nitrogens is 4. The Kier molecular flexibility index (Phi) is 8.04. The first-order chi connectivity index (χ1) is 23.1. The molecule has 0 amide bonds. The molecular formula is C42H42N4O2. The Morgan fingerprint density at radius 3 is 2.10 bits per heavy atom. The molecule has 4 aromatic carbocycles. The molecule has 0 saturated carbocycles. The van der Waals surface area contributed by atoms with Gasteiger partial charge in [-0.25, -0.2) is 9.67 Å². The molecule has 0 atom stereocenters. The number of aryl methyl sites for hydroxylation is 2. The zero-order valence-corrected chi connectivity index (χ0v) is 29.0. The van der Waals surface area contributed by atoms with Crippen LogP contribution >= 0.6 is 0 Å². The average Bonchev–Trinajstić information content (AvgIpc) is 3.56. The maximum atomic E-state index is 6.62. The Morgan fingerprint density at radius 2 is 1.38 bits per heavy atom. The van der Waals surface area contributed by atoms with Crippen LogP contribution in [0.15, 0.2) is 97.2 Å². The third-order valence-corrected chi connectivity index (χ3v) is 9.26. The Balaban J connectivity index is 1.31. The summed E-state index contributed by atoms with van der Waals surface area (Å²) in [5.74, 6) is 3.84. The third kappa shape index (κ3) is 5.41. The highest BCUT2D eigenvalue weighted by molar-refractivity contribution is 6.09. The first-order valence-corrected chi connectivity index (χ1v) is 16.7. The lowest BCUT2D eigenvalue weighted by atomic mass is 9.84. The van der Waals surface area contributed by atoms with Crippen molar-refractivity contribution in [1.29, 1.82) is 0 Å². The van der Waals surface area contributed by atoms with Crippen LogP contribution in [-0.2, 0) is 0 Å². The molecule has 48 heavy (non-hydrogen) atoms. The van der Waals surface area contributed by atoms with E-state index >= 15 is 0 Å². The number of nitrogens with zero attached hydrogens (tertiary/aromatic N) is 4. The lowest BCUT2D eigenvalue weighted by molar-refractivity contribution is 0.414. The summed E-state index contributed by atoms with van der Waals surface area (Å²) in [5.41, 5.74) is 11.6. The monoisotopic (exact) mass is 634 g/mol. The largest absolute Gasteiger partial charge is 0.497 e. The van der Waals surface area contributed by atoms with Crippen LogP contribution in [-0.4, -0.2) is 26.4 Å². The number of rotatable bonds is 8. The second-order valence-corrected chi connectivity index (χ2v) is 13.3. The Morgan fingerprint density at radius 1 is 0.646 bits per heavy atom. The minimum atomic E-state index is 0.399. The van der Waals surface area contributed by atoms with Crippen LogP contribution in [0.5, 0.6) is 17.2 Å². The van der Waals surface area contributed by atoms with Crippen molar-refractivity contribution in [3.05, 3.63) is 125 Å². The highest BCUT2D eigenvalue weighted by Gasteiger charge is 2.23. The second kappa shape index (κ2) is 12.3. The van der Waals surface area contributed by atoms with E-state index in [1.807, 2.05) is 18.2 Å². The van der Waals surface area contributed by atoms with Crippen LogP contribution < -0.4 is 9.47 Å². The summed E-state index contributed by atoms with van der Waals surface area (Å²) in [5, 5.41) is 7.40. The van der Waals surface area contributed by atoms with Crippen LogP contribution in [0, 0.1) is 20.8 Å². The number of ether oxygens (including phenoxy) is 2. The number of benzene rings is 4. The van der Waals surface area contributed by atoms with E-state index in [-0.39, 0.29) is 0 Å². The molecule has 0 bridgehead atoms. The predicted molar refractivity (Wildman–Crippen MR) is 197 cm³/mol. The van der Waals surface area contributed by atoms with Gasteiger partial charge in [-0.2, -0.15) is 5.10 Å². The fraction of sp³-hybridized carbons (Fsp3) is 0.238. The normalized spacial score (nSPS) is 11.7. The molecule has 6 heteroatoms. The van der Waals surface area contributed by atoms with Gasteiger partial charge in [-0.3, -0.25) is 4.57 Å². The van der Waals surface area contributed by atoms with Gasteiger partial charge in [0.15, 0.2) is 0 Å². The lowest BCUT2D eigenvalue weighted by Gasteiger charge is -2.20. The molecule has 0 radical (unpaired) electrons. The summed E-state index contributed by atoms with van der Waals surface area (Å²) in [6.07, 6.45) is 1.78. The standard InChI is InChI=1S/C42H42N4O2/c1-25(2)34-13-11-14-35(26(3)4)42(34)41-28(6)44-46(29(41)7)30-20-27(5)21-33(22-30)48-32-16-17-37-36-12-9-10-15-38(36)45(39(37)23-32)40-24-31(47-8)18-19-43-40/h9-26H,1-8H3. The van der Waals surface area contributed by atoms with Gasteiger partial charge in [-0.15, -0.1) is 0 Å². The zero-order chi connectivity index (χ0) is 33.7.